The van der Waals surface area contributed by atoms with Crippen molar-refractivity contribution in [3.63, 3.8) is 0 Å². The van der Waals surface area contributed by atoms with E-state index in [0.29, 0.717) is 0 Å². The van der Waals surface area contributed by atoms with Crippen LogP contribution in [0.1, 0.15) is 66.7 Å². The van der Waals surface area contributed by atoms with Crippen LogP contribution in [0.3, 0.4) is 0 Å². The molecule has 0 unspecified atom stereocenters. The summed E-state index contributed by atoms with van der Waals surface area (Å²) < 4.78 is 0. The maximum Gasteiger partial charge on any atom is -0.0195 e. The molecule has 0 heterocycles. The van der Waals surface area contributed by atoms with Crippen molar-refractivity contribution in [1.82, 2.24) is 0 Å². The third-order valence-corrected chi connectivity index (χ3v) is 1.89. The van der Waals surface area contributed by atoms with E-state index in [-0.39, 0.29) is 0 Å². The second kappa shape index (κ2) is 22.7. The molecule has 1 aliphatic rings. The average Bonchev–Trinajstić information content (AvgIpc) is 2.28. The quantitative estimate of drug-likeness (QED) is 0.607. The molecule has 1 heteroatoms. The van der Waals surface area contributed by atoms with E-state index in [9.17, 15) is 0 Å². The van der Waals surface area contributed by atoms with Crippen molar-refractivity contribution in [3.8, 4) is 0 Å². The van der Waals surface area contributed by atoms with Crippen molar-refractivity contribution in [3.05, 3.63) is 0 Å². The van der Waals surface area contributed by atoms with Crippen LogP contribution in [-0.2, 0) is 0 Å². The Kier molecular flexibility index (Phi) is 32.6. The maximum absolute atomic E-state index is 4.50. The molecule has 1 nitrogen and oxygen atoms in total. The molecular formula is C12H31N. The van der Waals surface area contributed by atoms with E-state index in [1.165, 1.54) is 39.2 Å². The lowest BCUT2D eigenvalue weighted by atomic mass is 9.91. The van der Waals surface area contributed by atoms with Crippen molar-refractivity contribution in [2.75, 3.05) is 7.05 Å². The Morgan fingerprint density at radius 3 is 1.23 bits per heavy atom. The summed E-state index contributed by atoms with van der Waals surface area (Å²) in [7, 11) is 1.50. The molecule has 0 aromatic heterocycles. The highest BCUT2D eigenvalue weighted by atomic mass is 14.4. The van der Waals surface area contributed by atoms with E-state index in [1.807, 2.05) is 27.7 Å². The molecule has 1 saturated carbocycles. The third-order valence-electron chi connectivity index (χ3n) is 1.89. The van der Waals surface area contributed by atoms with E-state index >= 15 is 0 Å². The second-order valence-electron chi connectivity index (χ2n) is 2.74. The Labute approximate surface area is 86.1 Å². The van der Waals surface area contributed by atoms with Crippen molar-refractivity contribution in [2.45, 2.75) is 66.7 Å². The lowest BCUT2D eigenvalue weighted by Crippen LogP contribution is -1.99. The third kappa shape index (κ3) is 18.7. The SMILES string of the molecule is CC.CC.CC1CCCCC1.CN. The minimum atomic E-state index is 1.04. The summed E-state index contributed by atoms with van der Waals surface area (Å²) in [5.74, 6) is 1.04. The minimum absolute atomic E-state index is 1.04. The van der Waals surface area contributed by atoms with Crippen LogP contribution in [0.4, 0.5) is 0 Å². The summed E-state index contributed by atoms with van der Waals surface area (Å²) in [6.07, 6.45) is 7.44. The highest BCUT2D eigenvalue weighted by Gasteiger charge is 2.05. The van der Waals surface area contributed by atoms with Crippen molar-refractivity contribution < 1.29 is 0 Å². The molecule has 0 aromatic carbocycles. The molecular weight excluding hydrogens is 158 g/mol. The Morgan fingerprint density at radius 1 is 0.769 bits per heavy atom. The zero-order chi connectivity index (χ0) is 11.1. The van der Waals surface area contributed by atoms with Gasteiger partial charge in [0.1, 0.15) is 0 Å². The van der Waals surface area contributed by atoms with Crippen molar-refractivity contribution in [1.29, 1.82) is 0 Å². The van der Waals surface area contributed by atoms with Gasteiger partial charge in [0, 0.05) is 0 Å². The van der Waals surface area contributed by atoms with Gasteiger partial charge in [0.25, 0.3) is 0 Å². The van der Waals surface area contributed by atoms with Gasteiger partial charge in [-0.2, -0.15) is 0 Å². The van der Waals surface area contributed by atoms with E-state index in [2.05, 4.69) is 12.7 Å². The van der Waals surface area contributed by atoms with Gasteiger partial charge < -0.3 is 5.73 Å². The van der Waals surface area contributed by atoms with Crippen LogP contribution in [0.5, 0.6) is 0 Å². The summed E-state index contributed by atoms with van der Waals surface area (Å²) in [5, 5.41) is 0. The Bertz CT molecular complexity index is 47.1. The van der Waals surface area contributed by atoms with Crippen molar-refractivity contribution in [2.24, 2.45) is 11.7 Å². The number of hydrogen-bond donors (Lipinski definition) is 1. The zero-order valence-corrected chi connectivity index (χ0v) is 10.7. The number of nitrogens with two attached hydrogens (primary N) is 1. The standard InChI is InChI=1S/C7H14.2C2H6.CH5N/c1-7-5-3-2-4-6-7;3*1-2/h7H,2-6H2,1H3;2*1-2H3;2H2,1H3. The second-order valence-corrected chi connectivity index (χ2v) is 2.74. The molecule has 1 fully saturated rings. The molecule has 1 rings (SSSR count). The van der Waals surface area contributed by atoms with Gasteiger partial charge in [-0.3, -0.25) is 0 Å². The molecule has 0 radical (unpaired) electrons. The number of rotatable bonds is 0. The van der Waals surface area contributed by atoms with Crippen LogP contribution in [0.15, 0.2) is 0 Å². The first-order valence-electron chi connectivity index (χ1n) is 5.97. The molecule has 0 spiro atoms. The fourth-order valence-electron chi connectivity index (χ4n) is 1.31. The average molecular weight is 189 g/mol. The lowest BCUT2D eigenvalue weighted by Gasteiger charge is -2.15. The van der Waals surface area contributed by atoms with E-state index in [1.54, 1.807) is 0 Å². The predicted octanol–water partition coefficient (Wildman–Crippen LogP) is 4.21. The molecule has 0 aliphatic heterocycles. The highest BCUT2D eigenvalue weighted by molar-refractivity contribution is 4.59. The molecule has 84 valence electrons. The molecule has 0 bridgehead atoms. The molecule has 0 aromatic rings. The van der Waals surface area contributed by atoms with Crippen LogP contribution < -0.4 is 5.73 Å². The monoisotopic (exact) mass is 189 g/mol. The summed E-state index contributed by atoms with van der Waals surface area (Å²) >= 11 is 0. The summed E-state index contributed by atoms with van der Waals surface area (Å²) in [4.78, 5) is 0. The van der Waals surface area contributed by atoms with Gasteiger partial charge in [-0.25, -0.2) is 0 Å². The first kappa shape index (κ1) is 18.7. The van der Waals surface area contributed by atoms with E-state index < -0.39 is 0 Å². The Balaban J connectivity index is -0.000000144. The van der Waals surface area contributed by atoms with Gasteiger partial charge in [-0.1, -0.05) is 66.7 Å². The molecule has 13 heavy (non-hydrogen) atoms. The van der Waals surface area contributed by atoms with E-state index in [4.69, 9.17) is 0 Å². The summed E-state index contributed by atoms with van der Waals surface area (Å²) in [6, 6.07) is 0. The van der Waals surface area contributed by atoms with Crippen LogP contribution in [-0.4, -0.2) is 7.05 Å². The topological polar surface area (TPSA) is 26.0 Å². The normalized spacial score (nSPS) is 15.0. The first-order chi connectivity index (χ1) is 6.39. The zero-order valence-electron chi connectivity index (χ0n) is 10.7. The molecule has 0 atom stereocenters. The fourth-order valence-corrected chi connectivity index (χ4v) is 1.31. The molecule has 1 aliphatic carbocycles. The van der Waals surface area contributed by atoms with Crippen molar-refractivity contribution >= 4 is 0 Å². The van der Waals surface area contributed by atoms with Crippen LogP contribution >= 0.6 is 0 Å². The Morgan fingerprint density at radius 2 is 1.08 bits per heavy atom. The molecule has 0 saturated heterocycles. The van der Waals surface area contributed by atoms with Gasteiger partial charge >= 0.3 is 0 Å². The highest BCUT2D eigenvalue weighted by Crippen LogP contribution is 2.21. The lowest BCUT2D eigenvalue weighted by molar-refractivity contribution is 0.385. The summed E-state index contributed by atoms with van der Waals surface area (Å²) in [5.41, 5.74) is 4.50. The van der Waals surface area contributed by atoms with Gasteiger partial charge in [0.15, 0.2) is 0 Å². The van der Waals surface area contributed by atoms with E-state index in [0.717, 1.165) is 5.92 Å². The van der Waals surface area contributed by atoms with Crippen LogP contribution in [0.25, 0.3) is 0 Å². The smallest absolute Gasteiger partial charge is 0.0195 e. The minimum Gasteiger partial charge on any atom is -0.333 e. The van der Waals surface area contributed by atoms with Crippen LogP contribution in [0, 0.1) is 5.92 Å². The number of hydrogen-bond acceptors (Lipinski definition) is 1. The van der Waals surface area contributed by atoms with Gasteiger partial charge in [-0.15, -0.1) is 0 Å². The predicted molar refractivity (Wildman–Crippen MR) is 65.1 cm³/mol. The largest absolute Gasteiger partial charge is 0.333 e. The van der Waals surface area contributed by atoms with Gasteiger partial charge in [0.2, 0.25) is 0 Å². The van der Waals surface area contributed by atoms with Gasteiger partial charge in [0.05, 0.1) is 0 Å². The van der Waals surface area contributed by atoms with Gasteiger partial charge in [-0.05, 0) is 13.0 Å². The maximum atomic E-state index is 4.50. The first-order valence-corrected chi connectivity index (χ1v) is 5.97. The van der Waals surface area contributed by atoms with Crippen LogP contribution in [0.2, 0.25) is 0 Å². The fraction of sp³-hybridized carbons (Fsp3) is 1.00. The molecule has 0 amide bonds. The summed E-state index contributed by atoms with van der Waals surface area (Å²) in [6.45, 7) is 10.4. The Hall–Kier alpha value is -0.0400. The molecule has 2 N–H and O–H groups in total.